The van der Waals surface area contributed by atoms with E-state index >= 15 is 0 Å². The van der Waals surface area contributed by atoms with Crippen molar-refractivity contribution in [2.75, 3.05) is 31.9 Å². The van der Waals surface area contributed by atoms with Crippen molar-refractivity contribution in [1.29, 1.82) is 0 Å². The van der Waals surface area contributed by atoms with Crippen LogP contribution in [-0.4, -0.2) is 42.7 Å². The summed E-state index contributed by atoms with van der Waals surface area (Å²) in [4.78, 5) is 15.3. The van der Waals surface area contributed by atoms with Gasteiger partial charge in [-0.1, -0.05) is 0 Å². The van der Waals surface area contributed by atoms with Gasteiger partial charge in [-0.05, 0) is 55.5 Å². The van der Waals surface area contributed by atoms with Gasteiger partial charge in [0.05, 0.1) is 0 Å². The molecule has 1 N–H and O–H groups in total. The average molecular weight is 322 g/mol. The molecule has 1 spiro atoms. The van der Waals surface area contributed by atoms with E-state index in [0.29, 0.717) is 11.8 Å². The van der Waals surface area contributed by atoms with Crippen LogP contribution in [0.3, 0.4) is 0 Å². The first-order chi connectivity index (χ1) is 10.7. The van der Waals surface area contributed by atoms with Crippen LogP contribution >= 0.6 is 11.8 Å². The van der Waals surface area contributed by atoms with E-state index in [1.807, 2.05) is 4.90 Å². The van der Waals surface area contributed by atoms with Crippen molar-refractivity contribution in [1.82, 2.24) is 10.2 Å². The highest BCUT2D eigenvalue weighted by atomic mass is 32.2. The number of hydrogen-bond acceptors (Lipinski definition) is 3. The summed E-state index contributed by atoms with van der Waals surface area (Å²) in [6, 6.07) is 6.46. The Labute approximate surface area is 135 Å². The second kappa shape index (κ2) is 7.01. The lowest BCUT2D eigenvalue weighted by atomic mass is 9.78. The van der Waals surface area contributed by atoms with Crippen molar-refractivity contribution < 1.29 is 9.18 Å². The number of thioether (sulfide) groups is 1. The summed E-state index contributed by atoms with van der Waals surface area (Å²) in [5.74, 6) is 0.799. The van der Waals surface area contributed by atoms with Crippen LogP contribution < -0.4 is 5.32 Å². The molecule has 120 valence electrons. The maximum absolute atomic E-state index is 12.8. The molecule has 2 aliphatic rings. The lowest BCUT2D eigenvalue weighted by molar-refractivity contribution is -0.132. The maximum atomic E-state index is 12.8. The second-order valence-electron chi connectivity index (χ2n) is 6.36. The van der Waals surface area contributed by atoms with Crippen molar-refractivity contribution in [3.8, 4) is 0 Å². The van der Waals surface area contributed by atoms with Crippen LogP contribution in [0.5, 0.6) is 0 Å². The van der Waals surface area contributed by atoms with E-state index in [2.05, 4.69) is 5.32 Å². The fraction of sp³-hybridized carbons (Fsp3) is 0.588. The van der Waals surface area contributed by atoms with Crippen molar-refractivity contribution in [3.05, 3.63) is 30.1 Å². The second-order valence-corrected chi connectivity index (χ2v) is 7.53. The number of piperidine rings is 1. The van der Waals surface area contributed by atoms with Gasteiger partial charge in [-0.2, -0.15) is 0 Å². The number of likely N-dealkylation sites (tertiary alicyclic amines) is 1. The smallest absolute Gasteiger partial charge is 0.223 e. The fourth-order valence-corrected chi connectivity index (χ4v) is 4.24. The molecule has 2 saturated heterocycles. The molecule has 2 heterocycles. The SMILES string of the molecule is O=C(CCSc1ccc(F)cc1)N1CCC2(CCNC2)CC1. The molecule has 0 unspecified atom stereocenters. The summed E-state index contributed by atoms with van der Waals surface area (Å²) in [6.45, 7) is 4.06. The van der Waals surface area contributed by atoms with Gasteiger partial charge < -0.3 is 10.2 Å². The number of carbonyl (C=O) groups excluding carboxylic acids is 1. The molecule has 1 amide bonds. The molecule has 2 fully saturated rings. The number of nitrogens with zero attached hydrogens (tertiary/aromatic N) is 1. The minimum absolute atomic E-state index is 0.218. The van der Waals surface area contributed by atoms with Crippen LogP contribution in [-0.2, 0) is 4.79 Å². The largest absolute Gasteiger partial charge is 0.343 e. The van der Waals surface area contributed by atoms with Gasteiger partial charge >= 0.3 is 0 Å². The zero-order valence-corrected chi connectivity index (χ0v) is 13.6. The van der Waals surface area contributed by atoms with E-state index in [1.54, 1.807) is 23.9 Å². The van der Waals surface area contributed by atoms with E-state index in [9.17, 15) is 9.18 Å². The Bertz CT molecular complexity index is 504. The van der Waals surface area contributed by atoms with E-state index in [0.717, 1.165) is 49.7 Å². The Morgan fingerprint density at radius 3 is 2.59 bits per heavy atom. The number of halogens is 1. The predicted molar refractivity (Wildman–Crippen MR) is 87.5 cm³/mol. The molecule has 3 nitrogen and oxygen atoms in total. The Morgan fingerprint density at radius 1 is 1.23 bits per heavy atom. The third-order valence-electron chi connectivity index (χ3n) is 4.91. The predicted octanol–water partition coefficient (Wildman–Crippen LogP) is 2.91. The summed E-state index contributed by atoms with van der Waals surface area (Å²) in [5.41, 5.74) is 0.458. The van der Waals surface area contributed by atoms with Crippen molar-refractivity contribution in [2.24, 2.45) is 5.41 Å². The van der Waals surface area contributed by atoms with E-state index in [1.165, 1.54) is 18.6 Å². The quantitative estimate of drug-likeness (QED) is 0.865. The number of rotatable bonds is 4. The van der Waals surface area contributed by atoms with Crippen LogP contribution in [0, 0.1) is 11.2 Å². The molecule has 3 rings (SSSR count). The molecule has 22 heavy (non-hydrogen) atoms. The number of amides is 1. The third-order valence-corrected chi connectivity index (χ3v) is 5.92. The van der Waals surface area contributed by atoms with Gasteiger partial charge in [-0.15, -0.1) is 11.8 Å². The number of carbonyl (C=O) groups is 1. The topological polar surface area (TPSA) is 32.3 Å². The van der Waals surface area contributed by atoms with Crippen LogP contribution in [0.1, 0.15) is 25.7 Å². The van der Waals surface area contributed by atoms with Crippen molar-refractivity contribution in [2.45, 2.75) is 30.6 Å². The summed E-state index contributed by atoms with van der Waals surface area (Å²) < 4.78 is 12.8. The highest BCUT2D eigenvalue weighted by molar-refractivity contribution is 7.99. The highest BCUT2D eigenvalue weighted by Crippen LogP contribution is 2.37. The molecule has 0 radical (unpaired) electrons. The first-order valence-electron chi connectivity index (χ1n) is 8.04. The van der Waals surface area contributed by atoms with Gasteiger partial charge in [-0.25, -0.2) is 4.39 Å². The minimum atomic E-state index is -0.218. The minimum Gasteiger partial charge on any atom is -0.343 e. The molecule has 0 bridgehead atoms. The van der Waals surface area contributed by atoms with Gasteiger partial charge in [0.2, 0.25) is 5.91 Å². The van der Waals surface area contributed by atoms with Crippen LogP contribution in [0.15, 0.2) is 29.2 Å². The molecule has 0 aliphatic carbocycles. The fourth-order valence-electron chi connectivity index (χ4n) is 3.40. The van der Waals surface area contributed by atoms with Gasteiger partial charge in [0.25, 0.3) is 0 Å². The molecule has 1 aromatic rings. The highest BCUT2D eigenvalue weighted by Gasteiger charge is 2.37. The Balaban J connectivity index is 1.40. The zero-order chi connectivity index (χ0) is 15.4. The standard InChI is InChI=1S/C17H23FN2OS/c18-14-1-3-15(4-2-14)22-12-5-16(21)20-10-7-17(8-11-20)6-9-19-13-17/h1-4,19H,5-13H2. The number of benzene rings is 1. The first kappa shape index (κ1) is 15.8. The maximum Gasteiger partial charge on any atom is 0.223 e. The Kier molecular flexibility index (Phi) is 5.03. The van der Waals surface area contributed by atoms with Gasteiger partial charge in [0.15, 0.2) is 0 Å². The van der Waals surface area contributed by atoms with E-state index < -0.39 is 0 Å². The first-order valence-corrected chi connectivity index (χ1v) is 9.02. The van der Waals surface area contributed by atoms with Crippen molar-refractivity contribution in [3.63, 3.8) is 0 Å². The molecule has 0 atom stereocenters. The number of hydrogen-bond donors (Lipinski definition) is 1. The zero-order valence-electron chi connectivity index (χ0n) is 12.8. The lowest BCUT2D eigenvalue weighted by Crippen LogP contribution is -2.44. The molecular weight excluding hydrogens is 299 g/mol. The third kappa shape index (κ3) is 3.82. The summed E-state index contributed by atoms with van der Waals surface area (Å²) >= 11 is 1.62. The normalized spacial score (nSPS) is 20.5. The molecular formula is C17H23FN2OS. The summed E-state index contributed by atoms with van der Waals surface area (Å²) in [6.07, 6.45) is 4.09. The van der Waals surface area contributed by atoms with Crippen LogP contribution in [0.4, 0.5) is 4.39 Å². The Morgan fingerprint density at radius 2 is 1.95 bits per heavy atom. The van der Waals surface area contributed by atoms with Gasteiger partial charge in [-0.3, -0.25) is 4.79 Å². The molecule has 0 aromatic heterocycles. The molecule has 5 heteroatoms. The van der Waals surface area contributed by atoms with E-state index in [4.69, 9.17) is 0 Å². The average Bonchev–Trinajstić information content (AvgIpc) is 2.98. The lowest BCUT2D eigenvalue weighted by Gasteiger charge is -2.39. The molecule has 1 aromatic carbocycles. The van der Waals surface area contributed by atoms with Gasteiger partial charge in [0, 0.05) is 36.7 Å². The van der Waals surface area contributed by atoms with Gasteiger partial charge in [0.1, 0.15) is 5.82 Å². The van der Waals surface area contributed by atoms with E-state index in [-0.39, 0.29) is 11.7 Å². The van der Waals surface area contributed by atoms with Crippen molar-refractivity contribution >= 4 is 17.7 Å². The molecule has 0 saturated carbocycles. The Hall–Kier alpha value is -1.07. The number of nitrogens with one attached hydrogen (secondary N) is 1. The monoisotopic (exact) mass is 322 g/mol. The summed E-state index contributed by atoms with van der Waals surface area (Å²) in [7, 11) is 0. The van der Waals surface area contributed by atoms with Crippen LogP contribution in [0.2, 0.25) is 0 Å². The summed E-state index contributed by atoms with van der Waals surface area (Å²) in [5, 5.41) is 3.45. The van der Waals surface area contributed by atoms with Crippen LogP contribution in [0.25, 0.3) is 0 Å². The molecule has 2 aliphatic heterocycles.